The van der Waals surface area contributed by atoms with Crippen molar-refractivity contribution in [1.82, 2.24) is 4.90 Å². The molecule has 104 valence electrons. The van der Waals surface area contributed by atoms with Crippen molar-refractivity contribution in [3.05, 3.63) is 0 Å². The largest absolute Gasteiger partial charge is 0.468 e. The van der Waals surface area contributed by atoms with Gasteiger partial charge in [-0.25, -0.2) is 8.78 Å². The Morgan fingerprint density at radius 1 is 1.22 bits per heavy atom. The fourth-order valence-corrected chi connectivity index (χ4v) is 2.04. The third kappa shape index (κ3) is 3.40. The second-order valence-corrected chi connectivity index (χ2v) is 4.93. The minimum Gasteiger partial charge on any atom is -0.468 e. The van der Waals surface area contributed by atoms with Crippen LogP contribution in [-0.2, 0) is 14.3 Å². The number of alkyl halides is 2. The maximum absolute atomic E-state index is 13.0. The van der Waals surface area contributed by atoms with Crippen LogP contribution in [0.4, 0.5) is 8.78 Å². The molecule has 0 saturated carbocycles. The standard InChI is InChI=1S/C12H19F2NO3/c1-8(2)9(11(17)18-3)10(16)15-6-4-12(13,14)5-7-15/h8-9H,4-7H2,1-3H3. The monoisotopic (exact) mass is 263 g/mol. The Bertz CT molecular complexity index is 321. The summed E-state index contributed by atoms with van der Waals surface area (Å²) in [6.07, 6.45) is -0.685. The van der Waals surface area contributed by atoms with Gasteiger partial charge in [-0.15, -0.1) is 0 Å². The SMILES string of the molecule is COC(=O)C(C(=O)N1CCC(F)(F)CC1)C(C)C. The van der Waals surface area contributed by atoms with Gasteiger partial charge in [-0.2, -0.15) is 0 Å². The van der Waals surface area contributed by atoms with Crippen molar-refractivity contribution in [1.29, 1.82) is 0 Å². The number of ether oxygens (including phenoxy) is 1. The van der Waals surface area contributed by atoms with Crippen molar-refractivity contribution in [2.45, 2.75) is 32.6 Å². The number of esters is 1. The molecule has 1 unspecified atom stereocenters. The summed E-state index contributed by atoms with van der Waals surface area (Å²) in [6.45, 7) is 3.45. The molecule has 4 nitrogen and oxygen atoms in total. The van der Waals surface area contributed by atoms with E-state index in [4.69, 9.17) is 0 Å². The summed E-state index contributed by atoms with van der Waals surface area (Å²) < 4.78 is 30.6. The molecule has 1 aliphatic rings. The highest BCUT2D eigenvalue weighted by molar-refractivity contribution is 5.98. The number of hydrogen-bond donors (Lipinski definition) is 0. The molecule has 0 aromatic rings. The molecule has 0 radical (unpaired) electrons. The Hall–Kier alpha value is -1.20. The fraction of sp³-hybridized carbons (Fsp3) is 0.833. The third-order valence-corrected chi connectivity index (χ3v) is 3.19. The molecule has 1 heterocycles. The quantitative estimate of drug-likeness (QED) is 0.575. The Morgan fingerprint density at radius 3 is 2.11 bits per heavy atom. The normalized spacial score (nSPS) is 20.7. The van der Waals surface area contributed by atoms with Crippen LogP contribution in [0.25, 0.3) is 0 Å². The molecule has 1 saturated heterocycles. The third-order valence-electron chi connectivity index (χ3n) is 3.19. The first-order valence-electron chi connectivity index (χ1n) is 6.03. The summed E-state index contributed by atoms with van der Waals surface area (Å²) in [5, 5.41) is 0. The molecule has 1 aliphatic heterocycles. The molecule has 0 spiro atoms. The smallest absolute Gasteiger partial charge is 0.318 e. The van der Waals surface area contributed by atoms with Crippen LogP contribution >= 0.6 is 0 Å². The van der Waals surface area contributed by atoms with Crippen LogP contribution in [0.15, 0.2) is 0 Å². The number of carbonyl (C=O) groups excluding carboxylic acids is 2. The average molecular weight is 263 g/mol. The fourth-order valence-electron chi connectivity index (χ4n) is 2.04. The lowest BCUT2D eigenvalue weighted by Crippen LogP contribution is -2.48. The van der Waals surface area contributed by atoms with Gasteiger partial charge in [0.2, 0.25) is 5.91 Å². The van der Waals surface area contributed by atoms with Crippen molar-refractivity contribution in [3.8, 4) is 0 Å². The minimum atomic E-state index is -2.70. The molecular weight excluding hydrogens is 244 g/mol. The zero-order valence-electron chi connectivity index (χ0n) is 10.9. The zero-order valence-corrected chi connectivity index (χ0v) is 10.9. The molecule has 1 atom stereocenters. The number of carbonyl (C=O) groups is 2. The van der Waals surface area contributed by atoms with Crippen LogP contribution in [0.3, 0.4) is 0 Å². The number of hydrogen-bond acceptors (Lipinski definition) is 3. The van der Waals surface area contributed by atoms with E-state index in [0.29, 0.717) is 0 Å². The molecule has 1 amide bonds. The number of halogens is 2. The lowest BCUT2D eigenvalue weighted by molar-refractivity contribution is -0.158. The summed E-state index contributed by atoms with van der Waals surface area (Å²) in [5.74, 6) is -4.83. The van der Waals surface area contributed by atoms with Crippen molar-refractivity contribution in [2.75, 3.05) is 20.2 Å². The molecule has 0 aromatic carbocycles. The highest BCUT2D eigenvalue weighted by Gasteiger charge is 2.40. The van der Waals surface area contributed by atoms with E-state index in [1.54, 1.807) is 13.8 Å². The molecule has 0 bridgehead atoms. The van der Waals surface area contributed by atoms with Crippen LogP contribution in [0.1, 0.15) is 26.7 Å². The van der Waals surface area contributed by atoms with E-state index in [9.17, 15) is 18.4 Å². The number of likely N-dealkylation sites (tertiary alicyclic amines) is 1. The molecule has 0 N–H and O–H groups in total. The van der Waals surface area contributed by atoms with Gasteiger partial charge in [0.05, 0.1) is 7.11 Å². The summed E-state index contributed by atoms with van der Waals surface area (Å²) in [7, 11) is 1.22. The Labute approximate surface area is 105 Å². The maximum atomic E-state index is 13.0. The molecule has 6 heteroatoms. The number of piperidine rings is 1. The molecule has 0 aromatic heterocycles. The van der Waals surface area contributed by atoms with Crippen LogP contribution < -0.4 is 0 Å². The average Bonchev–Trinajstić information content (AvgIpc) is 2.28. The minimum absolute atomic E-state index is 0.00789. The molecule has 1 rings (SSSR count). The highest BCUT2D eigenvalue weighted by atomic mass is 19.3. The predicted octanol–water partition coefficient (Wildman–Crippen LogP) is 1.69. The summed E-state index contributed by atoms with van der Waals surface area (Å²) in [6, 6.07) is 0. The first-order valence-corrected chi connectivity index (χ1v) is 6.03. The predicted molar refractivity (Wildman–Crippen MR) is 61.1 cm³/mol. The maximum Gasteiger partial charge on any atom is 0.318 e. The van der Waals surface area contributed by atoms with E-state index < -0.39 is 23.7 Å². The van der Waals surface area contributed by atoms with Gasteiger partial charge in [0.25, 0.3) is 5.92 Å². The Balaban J connectivity index is 2.71. The van der Waals surface area contributed by atoms with Crippen molar-refractivity contribution >= 4 is 11.9 Å². The van der Waals surface area contributed by atoms with E-state index in [-0.39, 0.29) is 31.8 Å². The zero-order chi connectivity index (χ0) is 13.9. The van der Waals surface area contributed by atoms with E-state index in [0.717, 1.165) is 0 Å². The van der Waals surface area contributed by atoms with Gasteiger partial charge in [-0.05, 0) is 5.92 Å². The number of amides is 1. The first-order chi connectivity index (χ1) is 8.28. The van der Waals surface area contributed by atoms with Gasteiger partial charge >= 0.3 is 5.97 Å². The van der Waals surface area contributed by atoms with Crippen LogP contribution in [0.5, 0.6) is 0 Å². The molecule has 0 aliphatic carbocycles. The van der Waals surface area contributed by atoms with Crippen LogP contribution in [0.2, 0.25) is 0 Å². The van der Waals surface area contributed by atoms with Crippen LogP contribution in [-0.4, -0.2) is 42.9 Å². The number of nitrogens with zero attached hydrogens (tertiary/aromatic N) is 1. The van der Waals surface area contributed by atoms with E-state index >= 15 is 0 Å². The van der Waals surface area contributed by atoms with Crippen LogP contribution in [0, 0.1) is 11.8 Å². The molecule has 1 fully saturated rings. The van der Waals surface area contributed by atoms with Gasteiger partial charge in [-0.3, -0.25) is 9.59 Å². The van der Waals surface area contributed by atoms with Gasteiger partial charge in [-0.1, -0.05) is 13.8 Å². The second-order valence-electron chi connectivity index (χ2n) is 4.93. The van der Waals surface area contributed by atoms with Crippen molar-refractivity contribution < 1.29 is 23.1 Å². The topological polar surface area (TPSA) is 46.6 Å². The Morgan fingerprint density at radius 2 is 1.72 bits per heavy atom. The number of methoxy groups -OCH3 is 1. The first kappa shape index (κ1) is 14.9. The van der Waals surface area contributed by atoms with Gasteiger partial charge in [0.15, 0.2) is 0 Å². The van der Waals surface area contributed by atoms with E-state index in [1.165, 1.54) is 12.0 Å². The molecule has 18 heavy (non-hydrogen) atoms. The lowest BCUT2D eigenvalue weighted by atomic mass is 9.93. The van der Waals surface area contributed by atoms with Crippen molar-refractivity contribution in [3.63, 3.8) is 0 Å². The summed E-state index contributed by atoms with van der Waals surface area (Å²) in [4.78, 5) is 25.0. The van der Waals surface area contributed by atoms with E-state index in [1.807, 2.05) is 0 Å². The highest BCUT2D eigenvalue weighted by Crippen LogP contribution is 2.29. The summed E-state index contributed by atoms with van der Waals surface area (Å²) in [5.41, 5.74) is 0. The van der Waals surface area contributed by atoms with Gasteiger partial charge in [0.1, 0.15) is 5.92 Å². The second kappa shape index (κ2) is 5.63. The van der Waals surface area contributed by atoms with Crippen molar-refractivity contribution in [2.24, 2.45) is 11.8 Å². The van der Waals surface area contributed by atoms with Gasteiger partial charge in [0, 0.05) is 25.9 Å². The molecular formula is C12H19F2NO3. The lowest BCUT2D eigenvalue weighted by Gasteiger charge is -2.34. The Kier molecular flexibility index (Phi) is 4.65. The van der Waals surface area contributed by atoms with Gasteiger partial charge < -0.3 is 9.64 Å². The summed E-state index contributed by atoms with van der Waals surface area (Å²) >= 11 is 0. The number of rotatable bonds is 3. The van der Waals surface area contributed by atoms with E-state index in [2.05, 4.69) is 4.74 Å².